The third kappa shape index (κ3) is 5.42. The number of carbonyl (C=O) groups is 1. The Labute approximate surface area is 158 Å². The van der Waals surface area contributed by atoms with Gasteiger partial charge in [-0.2, -0.15) is 0 Å². The summed E-state index contributed by atoms with van der Waals surface area (Å²) >= 11 is 0. The van der Waals surface area contributed by atoms with Gasteiger partial charge in [-0.1, -0.05) is 0 Å². The Hall–Kier alpha value is -2.64. The van der Waals surface area contributed by atoms with Gasteiger partial charge in [0.05, 0.1) is 13.2 Å². The van der Waals surface area contributed by atoms with E-state index in [1.165, 1.54) is 0 Å². The number of ether oxygens (including phenoxy) is 3. The molecule has 0 saturated carbocycles. The van der Waals surface area contributed by atoms with Crippen molar-refractivity contribution in [1.82, 2.24) is 10.3 Å². The summed E-state index contributed by atoms with van der Waals surface area (Å²) in [6.45, 7) is 1.71. The molecule has 1 amide bonds. The SMILES string of the molecule is COc1ccc(Oc2cc(CNC(=O)C(N)C3CCOCC3)ccn2)cc1. The van der Waals surface area contributed by atoms with Crippen molar-refractivity contribution in [1.29, 1.82) is 0 Å². The van der Waals surface area contributed by atoms with Gasteiger partial charge in [0.1, 0.15) is 11.5 Å². The molecule has 1 saturated heterocycles. The summed E-state index contributed by atoms with van der Waals surface area (Å²) in [5.41, 5.74) is 6.99. The minimum absolute atomic E-state index is 0.142. The summed E-state index contributed by atoms with van der Waals surface area (Å²) < 4.78 is 16.2. The first-order chi connectivity index (χ1) is 13.2. The number of nitrogens with one attached hydrogen (secondary N) is 1. The lowest BCUT2D eigenvalue weighted by Crippen LogP contribution is -2.46. The summed E-state index contributed by atoms with van der Waals surface area (Å²) in [7, 11) is 1.61. The maximum absolute atomic E-state index is 12.3. The normalized spacial score (nSPS) is 15.8. The molecule has 0 aliphatic carbocycles. The smallest absolute Gasteiger partial charge is 0.237 e. The molecule has 7 nitrogen and oxygen atoms in total. The molecule has 2 aromatic rings. The molecular formula is C20H25N3O4. The Morgan fingerprint density at radius 2 is 1.96 bits per heavy atom. The topological polar surface area (TPSA) is 95.7 Å². The molecule has 0 bridgehead atoms. The van der Waals surface area contributed by atoms with E-state index in [0.717, 1.165) is 24.2 Å². The first kappa shape index (κ1) is 19.1. The molecule has 1 aliphatic rings. The van der Waals surface area contributed by atoms with E-state index < -0.39 is 6.04 Å². The Morgan fingerprint density at radius 1 is 1.26 bits per heavy atom. The maximum atomic E-state index is 12.3. The zero-order valence-electron chi connectivity index (χ0n) is 15.4. The van der Waals surface area contributed by atoms with Gasteiger partial charge in [-0.3, -0.25) is 4.79 Å². The van der Waals surface area contributed by atoms with Gasteiger partial charge >= 0.3 is 0 Å². The molecule has 1 fully saturated rings. The van der Waals surface area contributed by atoms with Crippen LogP contribution in [-0.2, 0) is 16.1 Å². The van der Waals surface area contributed by atoms with Gasteiger partial charge in [-0.05, 0) is 54.7 Å². The second-order valence-corrected chi connectivity index (χ2v) is 6.47. The van der Waals surface area contributed by atoms with Gasteiger partial charge in [0, 0.05) is 32.0 Å². The van der Waals surface area contributed by atoms with Crippen LogP contribution < -0.4 is 20.5 Å². The van der Waals surface area contributed by atoms with Crippen LogP contribution in [-0.4, -0.2) is 37.3 Å². The summed E-state index contributed by atoms with van der Waals surface area (Å²) in [5, 5.41) is 2.90. The second-order valence-electron chi connectivity index (χ2n) is 6.47. The molecule has 27 heavy (non-hydrogen) atoms. The van der Waals surface area contributed by atoms with Crippen molar-refractivity contribution in [2.75, 3.05) is 20.3 Å². The molecule has 144 valence electrons. The van der Waals surface area contributed by atoms with E-state index in [0.29, 0.717) is 31.4 Å². The van der Waals surface area contributed by atoms with E-state index in [9.17, 15) is 4.79 Å². The molecule has 3 rings (SSSR count). The lowest BCUT2D eigenvalue weighted by molar-refractivity contribution is -0.124. The van der Waals surface area contributed by atoms with Crippen LogP contribution in [0.2, 0.25) is 0 Å². The third-order valence-corrected chi connectivity index (χ3v) is 4.62. The molecule has 1 aromatic heterocycles. The van der Waals surface area contributed by atoms with Crippen molar-refractivity contribution in [3.63, 3.8) is 0 Å². The van der Waals surface area contributed by atoms with Gasteiger partial charge in [-0.25, -0.2) is 4.98 Å². The Balaban J connectivity index is 1.54. The largest absolute Gasteiger partial charge is 0.497 e. The van der Waals surface area contributed by atoms with Crippen LogP contribution >= 0.6 is 0 Å². The fourth-order valence-corrected chi connectivity index (χ4v) is 2.98. The van der Waals surface area contributed by atoms with Crippen molar-refractivity contribution in [2.24, 2.45) is 11.7 Å². The third-order valence-electron chi connectivity index (χ3n) is 4.62. The molecule has 3 N–H and O–H groups in total. The summed E-state index contributed by atoms with van der Waals surface area (Å²) in [6, 6.07) is 10.4. The molecule has 0 radical (unpaired) electrons. The molecule has 2 heterocycles. The number of carbonyl (C=O) groups excluding carboxylic acids is 1. The highest BCUT2D eigenvalue weighted by Crippen LogP contribution is 2.23. The molecule has 7 heteroatoms. The zero-order chi connectivity index (χ0) is 19.1. The number of rotatable bonds is 7. The number of hydrogen-bond acceptors (Lipinski definition) is 6. The number of nitrogens with zero attached hydrogens (tertiary/aromatic N) is 1. The first-order valence-corrected chi connectivity index (χ1v) is 9.03. The average molecular weight is 371 g/mol. The average Bonchev–Trinajstić information content (AvgIpc) is 2.73. The Kier molecular flexibility index (Phi) is 6.62. The fourth-order valence-electron chi connectivity index (χ4n) is 2.98. The maximum Gasteiger partial charge on any atom is 0.237 e. The van der Waals surface area contributed by atoms with Crippen molar-refractivity contribution < 1.29 is 19.0 Å². The van der Waals surface area contributed by atoms with Crippen molar-refractivity contribution >= 4 is 5.91 Å². The van der Waals surface area contributed by atoms with Crippen LogP contribution in [0.5, 0.6) is 17.4 Å². The number of nitrogens with two attached hydrogens (primary N) is 1. The van der Waals surface area contributed by atoms with Gasteiger partial charge in [0.25, 0.3) is 0 Å². The van der Waals surface area contributed by atoms with Gasteiger partial charge < -0.3 is 25.3 Å². The van der Waals surface area contributed by atoms with Crippen LogP contribution in [0.1, 0.15) is 18.4 Å². The minimum atomic E-state index is -0.509. The molecule has 1 atom stereocenters. The standard InChI is InChI=1S/C20H25N3O4/c1-25-16-2-4-17(5-3-16)27-18-12-14(6-9-22-18)13-23-20(24)19(21)15-7-10-26-11-8-15/h2-6,9,12,15,19H,7-8,10-11,13,21H2,1H3,(H,23,24). The molecule has 1 unspecified atom stereocenters. The van der Waals surface area contributed by atoms with Crippen LogP contribution in [0.25, 0.3) is 0 Å². The molecule has 1 aromatic carbocycles. The van der Waals surface area contributed by atoms with Gasteiger partial charge in [0.2, 0.25) is 11.8 Å². The summed E-state index contributed by atoms with van der Waals surface area (Å²) in [6.07, 6.45) is 3.30. The highest BCUT2D eigenvalue weighted by atomic mass is 16.5. The van der Waals surface area contributed by atoms with E-state index >= 15 is 0 Å². The van der Waals surface area contributed by atoms with Gasteiger partial charge in [0.15, 0.2) is 0 Å². The van der Waals surface area contributed by atoms with E-state index in [2.05, 4.69) is 10.3 Å². The number of pyridine rings is 1. The number of aromatic nitrogens is 1. The zero-order valence-corrected chi connectivity index (χ0v) is 15.4. The number of hydrogen-bond donors (Lipinski definition) is 2. The minimum Gasteiger partial charge on any atom is -0.497 e. The lowest BCUT2D eigenvalue weighted by Gasteiger charge is -2.26. The summed E-state index contributed by atoms with van der Waals surface area (Å²) in [5.74, 6) is 1.90. The van der Waals surface area contributed by atoms with Crippen LogP contribution in [0.4, 0.5) is 0 Å². The predicted octanol–water partition coefficient (Wildman–Crippen LogP) is 2.25. The fraction of sp³-hybridized carbons (Fsp3) is 0.400. The highest BCUT2D eigenvalue weighted by molar-refractivity contribution is 5.81. The summed E-state index contributed by atoms with van der Waals surface area (Å²) in [4.78, 5) is 16.5. The second kappa shape index (κ2) is 9.34. The van der Waals surface area contributed by atoms with Gasteiger partial charge in [-0.15, -0.1) is 0 Å². The Bertz CT molecular complexity index is 745. The first-order valence-electron chi connectivity index (χ1n) is 9.03. The number of amides is 1. The molecular weight excluding hydrogens is 346 g/mol. The van der Waals surface area contributed by atoms with Crippen LogP contribution in [0.3, 0.4) is 0 Å². The van der Waals surface area contributed by atoms with Crippen LogP contribution in [0.15, 0.2) is 42.6 Å². The van der Waals surface area contributed by atoms with E-state index in [4.69, 9.17) is 19.9 Å². The molecule has 0 spiro atoms. The van der Waals surface area contributed by atoms with E-state index in [1.807, 2.05) is 30.3 Å². The molecule has 1 aliphatic heterocycles. The predicted molar refractivity (Wildman–Crippen MR) is 101 cm³/mol. The lowest BCUT2D eigenvalue weighted by atomic mass is 9.92. The van der Waals surface area contributed by atoms with Crippen LogP contribution in [0, 0.1) is 5.92 Å². The number of methoxy groups -OCH3 is 1. The quantitative estimate of drug-likeness (QED) is 0.775. The van der Waals surface area contributed by atoms with Crippen molar-refractivity contribution in [3.05, 3.63) is 48.2 Å². The number of benzene rings is 1. The monoisotopic (exact) mass is 371 g/mol. The Morgan fingerprint density at radius 3 is 2.67 bits per heavy atom. The van der Waals surface area contributed by atoms with E-state index in [-0.39, 0.29) is 11.8 Å². The highest BCUT2D eigenvalue weighted by Gasteiger charge is 2.26. The van der Waals surface area contributed by atoms with E-state index in [1.54, 1.807) is 19.4 Å². The van der Waals surface area contributed by atoms with Crippen molar-refractivity contribution in [3.8, 4) is 17.4 Å². The van der Waals surface area contributed by atoms with Crippen molar-refractivity contribution in [2.45, 2.75) is 25.4 Å².